The van der Waals surface area contributed by atoms with Gasteiger partial charge in [-0.3, -0.25) is 0 Å². The van der Waals surface area contributed by atoms with Crippen molar-refractivity contribution >= 4 is 28.9 Å². The molecule has 24 heavy (non-hydrogen) atoms. The number of anilines is 1. The summed E-state index contributed by atoms with van der Waals surface area (Å²) in [4.78, 5) is 11.8. The van der Waals surface area contributed by atoms with E-state index in [0.29, 0.717) is 21.8 Å². The van der Waals surface area contributed by atoms with E-state index in [1.807, 2.05) is 0 Å². The van der Waals surface area contributed by atoms with Crippen molar-refractivity contribution in [1.82, 2.24) is 0 Å². The number of halogens is 3. The quantitative estimate of drug-likeness (QED) is 0.650. The number of methoxy groups -OCH3 is 1. The van der Waals surface area contributed by atoms with Crippen LogP contribution >= 0.6 is 12.2 Å². The van der Waals surface area contributed by atoms with E-state index in [-0.39, 0.29) is 6.42 Å². The molecule has 0 fully saturated rings. The number of carbonyl (C=O) groups is 1. The van der Waals surface area contributed by atoms with Gasteiger partial charge in [-0.1, -0.05) is 36.5 Å². The Hall–Kier alpha value is -2.41. The van der Waals surface area contributed by atoms with E-state index in [0.717, 1.165) is 12.1 Å². The normalized spacial score (nSPS) is 11.0. The van der Waals surface area contributed by atoms with Gasteiger partial charge in [0.2, 0.25) is 0 Å². The lowest BCUT2D eigenvalue weighted by Crippen LogP contribution is -2.13. The predicted molar refractivity (Wildman–Crippen MR) is 89.2 cm³/mol. The highest BCUT2D eigenvalue weighted by molar-refractivity contribution is 7.80. The van der Waals surface area contributed by atoms with Gasteiger partial charge < -0.3 is 10.1 Å². The van der Waals surface area contributed by atoms with Crippen LogP contribution in [0.5, 0.6) is 0 Å². The van der Waals surface area contributed by atoms with E-state index in [9.17, 15) is 18.0 Å². The summed E-state index contributed by atoms with van der Waals surface area (Å²) in [5, 5.41) is 2.91. The van der Waals surface area contributed by atoms with Gasteiger partial charge in [0.25, 0.3) is 0 Å². The van der Waals surface area contributed by atoms with Gasteiger partial charge in [-0.05, 0) is 29.8 Å². The molecule has 0 amide bonds. The SMILES string of the molecule is COC(=O)c1cccc(NC(=S)Cc2cccc(C(F)(F)F)c2)c1. The number of nitrogens with one attached hydrogen (secondary N) is 1. The van der Waals surface area contributed by atoms with Crippen molar-refractivity contribution in [2.75, 3.05) is 12.4 Å². The molecule has 2 aromatic carbocycles. The number of alkyl halides is 3. The number of ether oxygens (including phenoxy) is 1. The number of hydrogen-bond donors (Lipinski definition) is 1. The van der Waals surface area contributed by atoms with Gasteiger partial charge in [-0.2, -0.15) is 13.2 Å². The molecule has 0 atom stereocenters. The summed E-state index contributed by atoms with van der Waals surface area (Å²) in [7, 11) is 1.28. The molecule has 0 aromatic heterocycles. The van der Waals surface area contributed by atoms with E-state index in [1.54, 1.807) is 30.3 Å². The Bertz CT molecular complexity index is 759. The van der Waals surface area contributed by atoms with Crippen molar-refractivity contribution in [3.05, 3.63) is 65.2 Å². The Morgan fingerprint density at radius 3 is 2.54 bits per heavy atom. The van der Waals surface area contributed by atoms with Gasteiger partial charge in [0.15, 0.2) is 0 Å². The predicted octanol–water partition coefficient (Wildman–Crippen LogP) is 4.47. The van der Waals surface area contributed by atoms with E-state index in [4.69, 9.17) is 12.2 Å². The summed E-state index contributed by atoms with van der Waals surface area (Å²) in [5.74, 6) is -0.484. The third-order valence-electron chi connectivity index (χ3n) is 3.19. The summed E-state index contributed by atoms with van der Waals surface area (Å²) < 4.78 is 42.8. The van der Waals surface area contributed by atoms with Crippen LogP contribution in [0.2, 0.25) is 0 Å². The van der Waals surface area contributed by atoms with Gasteiger partial charge in [0, 0.05) is 12.1 Å². The van der Waals surface area contributed by atoms with Gasteiger partial charge in [0.1, 0.15) is 0 Å². The average molecular weight is 353 g/mol. The minimum absolute atomic E-state index is 0.154. The largest absolute Gasteiger partial charge is 0.465 e. The van der Waals surface area contributed by atoms with Gasteiger partial charge in [-0.15, -0.1) is 0 Å². The zero-order valence-electron chi connectivity index (χ0n) is 12.7. The molecular weight excluding hydrogens is 339 g/mol. The van der Waals surface area contributed by atoms with E-state index in [2.05, 4.69) is 10.1 Å². The summed E-state index contributed by atoms with van der Waals surface area (Å²) >= 11 is 5.18. The minimum Gasteiger partial charge on any atom is -0.465 e. The highest BCUT2D eigenvalue weighted by Crippen LogP contribution is 2.29. The molecule has 0 aliphatic carbocycles. The second-order valence-electron chi connectivity index (χ2n) is 5.00. The zero-order chi connectivity index (χ0) is 17.7. The van der Waals surface area contributed by atoms with Crippen molar-refractivity contribution in [3.8, 4) is 0 Å². The number of benzene rings is 2. The van der Waals surface area contributed by atoms with Crippen molar-refractivity contribution in [2.45, 2.75) is 12.6 Å². The van der Waals surface area contributed by atoms with Crippen LogP contribution in [0, 0.1) is 0 Å². The van der Waals surface area contributed by atoms with E-state index < -0.39 is 17.7 Å². The fourth-order valence-corrected chi connectivity index (χ4v) is 2.37. The first-order chi connectivity index (χ1) is 11.3. The Balaban J connectivity index is 2.08. The molecular formula is C17H14F3NO2S. The van der Waals surface area contributed by atoms with Gasteiger partial charge in [0.05, 0.1) is 23.2 Å². The average Bonchev–Trinajstić information content (AvgIpc) is 2.53. The standard InChI is InChI=1S/C17H14F3NO2S/c1-23-16(22)12-5-3-7-14(10-12)21-15(24)9-11-4-2-6-13(8-11)17(18,19)20/h2-8,10H,9H2,1H3,(H,21,24). The summed E-state index contributed by atoms with van der Waals surface area (Å²) in [5.41, 5.74) is 0.654. The van der Waals surface area contributed by atoms with Crippen molar-refractivity contribution in [1.29, 1.82) is 0 Å². The second-order valence-corrected chi connectivity index (χ2v) is 5.49. The summed E-state index contributed by atoms with van der Waals surface area (Å²) in [6, 6.07) is 11.5. The third-order valence-corrected chi connectivity index (χ3v) is 3.43. The lowest BCUT2D eigenvalue weighted by atomic mass is 10.1. The molecule has 1 N–H and O–H groups in total. The monoisotopic (exact) mass is 353 g/mol. The van der Waals surface area contributed by atoms with Crippen LogP contribution in [0.15, 0.2) is 48.5 Å². The molecule has 2 rings (SSSR count). The Kier molecular flexibility index (Phi) is 5.56. The smallest absolute Gasteiger partial charge is 0.416 e. The van der Waals surface area contributed by atoms with Crippen LogP contribution < -0.4 is 5.32 Å². The topological polar surface area (TPSA) is 38.3 Å². The summed E-state index contributed by atoms with van der Waals surface area (Å²) in [6.45, 7) is 0. The van der Waals surface area contributed by atoms with Crippen molar-refractivity contribution in [2.24, 2.45) is 0 Å². The van der Waals surface area contributed by atoms with Gasteiger partial charge >= 0.3 is 12.1 Å². The maximum Gasteiger partial charge on any atom is 0.416 e. The Labute approximate surface area is 142 Å². The molecule has 0 aliphatic rings. The van der Waals surface area contributed by atoms with Crippen LogP contribution in [0.1, 0.15) is 21.5 Å². The van der Waals surface area contributed by atoms with Crippen LogP contribution in [0.4, 0.5) is 18.9 Å². The second kappa shape index (κ2) is 7.44. The van der Waals surface area contributed by atoms with Crippen LogP contribution in [0.3, 0.4) is 0 Å². The van der Waals surface area contributed by atoms with E-state index >= 15 is 0 Å². The van der Waals surface area contributed by atoms with Crippen LogP contribution in [0.25, 0.3) is 0 Å². The molecule has 7 heteroatoms. The molecule has 0 spiro atoms. The van der Waals surface area contributed by atoms with Crippen molar-refractivity contribution < 1.29 is 22.7 Å². The van der Waals surface area contributed by atoms with Crippen LogP contribution in [-0.4, -0.2) is 18.1 Å². The Morgan fingerprint density at radius 2 is 1.88 bits per heavy atom. The van der Waals surface area contributed by atoms with Gasteiger partial charge in [-0.25, -0.2) is 4.79 Å². The molecule has 126 valence electrons. The first-order valence-corrected chi connectivity index (χ1v) is 7.35. The molecule has 0 saturated carbocycles. The fraction of sp³-hybridized carbons (Fsp3) is 0.176. The number of thiocarbonyl (C=S) groups is 1. The number of carbonyl (C=O) groups excluding carboxylic acids is 1. The lowest BCUT2D eigenvalue weighted by molar-refractivity contribution is -0.137. The third kappa shape index (κ3) is 4.79. The maximum absolute atomic E-state index is 12.7. The van der Waals surface area contributed by atoms with E-state index in [1.165, 1.54) is 13.2 Å². The number of hydrogen-bond acceptors (Lipinski definition) is 3. The summed E-state index contributed by atoms with van der Waals surface area (Å²) in [6.07, 6.45) is -4.23. The molecule has 0 bridgehead atoms. The Morgan fingerprint density at radius 1 is 1.17 bits per heavy atom. The first kappa shape index (κ1) is 17.9. The molecule has 0 aliphatic heterocycles. The highest BCUT2D eigenvalue weighted by atomic mass is 32.1. The molecule has 0 radical (unpaired) electrons. The highest BCUT2D eigenvalue weighted by Gasteiger charge is 2.30. The number of esters is 1. The number of rotatable bonds is 4. The molecule has 0 saturated heterocycles. The maximum atomic E-state index is 12.7. The molecule has 0 heterocycles. The van der Waals surface area contributed by atoms with Crippen molar-refractivity contribution in [3.63, 3.8) is 0 Å². The molecule has 2 aromatic rings. The molecule has 0 unspecified atom stereocenters. The lowest BCUT2D eigenvalue weighted by Gasteiger charge is -2.11. The minimum atomic E-state index is -4.39. The molecule has 3 nitrogen and oxygen atoms in total. The zero-order valence-corrected chi connectivity index (χ0v) is 13.5. The van der Waals surface area contributed by atoms with Crippen LogP contribution in [-0.2, 0) is 17.3 Å². The first-order valence-electron chi connectivity index (χ1n) is 6.94. The fourth-order valence-electron chi connectivity index (χ4n) is 2.09.